The van der Waals surface area contributed by atoms with Crippen LogP contribution >= 0.6 is 11.6 Å². The van der Waals surface area contributed by atoms with E-state index in [0.29, 0.717) is 17.3 Å². The van der Waals surface area contributed by atoms with Gasteiger partial charge in [0.15, 0.2) is 0 Å². The number of tetrazole rings is 1. The Kier molecular flexibility index (Phi) is 5.76. The fourth-order valence-corrected chi connectivity index (χ4v) is 3.94. The van der Waals surface area contributed by atoms with Crippen molar-refractivity contribution in [2.24, 2.45) is 0 Å². The van der Waals surface area contributed by atoms with Gasteiger partial charge in [0.1, 0.15) is 0 Å². The van der Waals surface area contributed by atoms with E-state index in [4.69, 9.17) is 11.6 Å². The van der Waals surface area contributed by atoms with Crippen molar-refractivity contribution >= 4 is 17.6 Å². The summed E-state index contributed by atoms with van der Waals surface area (Å²) >= 11 is 6.22. The lowest BCUT2D eigenvalue weighted by molar-refractivity contribution is 0.168. The van der Waals surface area contributed by atoms with Gasteiger partial charge in [0.25, 0.3) is 0 Å². The lowest BCUT2D eigenvalue weighted by atomic mass is 10.1. The zero-order chi connectivity index (χ0) is 18.7. The number of halogens is 1. The molecule has 0 saturated heterocycles. The molecule has 1 aliphatic carbocycles. The molecular formula is C18H24ClN5O2. The Bertz CT molecular complexity index is 816. The van der Waals surface area contributed by atoms with E-state index in [1.807, 2.05) is 19.9 Å². The standard InChI is InChI=1S/C18H24ClN5O2/c1-3-22(14-10-6-4-5-7-11-14)17(25)24-18(26)23(20-21-24)16-13(2)9-8-12-15(16)19/h8-9,12,14H,3-7,10-11H2,1-2H3. The minimum atomic E-state index is -0.599. The van der Waals surface area contributed by atoms with E-state index in [9.17, 15) is 9.59 Å². The summed E-state index contributed by atoms with van der Waals surface area (Å²) in [6, 6.07) is 5.04. The SMILES string of the molecule is CCN(C(=O)n1nnn(-c2c(C)cccc2Cl)c1=O)C1CCCCCC1. The zero-order valence-corrected chi connectivity index (χ0v) is 15.9. The minimum Gasteiger partial charge on any atom is -0.320 e. The van der Waals surface area contributed by atoms with Crippen LogP contribution in [0.25, 0.3) is 5.69 Å². The van der Waals surface area contributed by atoms with Gasteiger partial charge in [-0.25, -0.2) is 9.59 Å². The first kappa shape index (κ1) is 18.6. The van der Waals surface area contributed by atoms with Crippen LogP contribution in [0.2, 0.25) is 5.02 Å². The Hall–Kier alpha value is -2.15. The van der Waals surface area contributed by atoms with Crippen molar-refractivity contribution < 1.29 is 4.79 Å². The summed E-state index contributed by atoms with van der Waals surface area (Å²) < 4.78 is 1.94. The van der Waals surface area contributed by atoms with Crippen LogP contribution < -0.4 is 5.69 Å². The van der Waals surface area contributed by atoms with Gasteiger partial charge >= 0.3 is 11.7 Å². The predicted molar refractivity (Wildman–Crippen MR) is 100 cm³/mol. The summed E-state index contributed by atoms with van der Waals surface area (Å²) in [7, 11) is 0. The van der Waals surface area contributed by atoms with Crippen molar-refractivity contribution in [3.63, 3.8) is 0 Å². The number of para-hydroxylation sites is 1. The van der Waals surface area contributed by atoms with Gasteiger partial charge in [-0.05, 0) is 48.7 Å². The molecule has 0 radical (unpaired) electrons. The highest BCUT2D eigenvalue weighted by atomic mass is 35.5. The number of hydrogen-bond acceptors (Lipinski definition) is 4. The molecule has 1 aromatic carbocycles. The maximum atomic E-state index is 13.0. The first-order valence-electron chi connectivity index (χ1n) is 9.16. The third kappa shape index (κ3) is 3.53. The monoisotopic (exact) mass is 377 g/mol. The van der Waals surface area contributed by atoms with Gasteiger partial charge in [0, 0.05) is 12.6 Å². The molecule has 8 heteroatoms. The fourth-order valence-electron chi connectivity index (χ4n) is 3.64. The van der Waals surface area contributed by atoms with Crippen LogP contribution in [0.5, 0.6) is 0 Å². The van der Waals surface area contributed by atoms with E-state index in [-0.39, 0.29) is 6.04 Å². The largest absolute Gasteiger partial charge is 0.377 e. The van der Waals surface area contributed by atoms with E-state index < -0.39 is 11.7 Å². The molecule has 140 valence electrons. The Morgan fingerprint density at radius 1 is 1.23 bits per heavy atom. The van der Waals surface area contributed by atoms with Crippen molar-refractivity contribution in [2.45, 2.75) is 58.4 Å². The second kappa shape index (κ2) is 8.03. The van der Waals surface area contributed by atoms with Crippen LogP contribution in [-0.2, 0) is 0 Å². The van der Waals surface area contributed by atoms with Crippen molar-refractivity contribution in [3.05, 3.63) is 39.3 Å². The Morgan fingerprint density at radius 3 is 2.54 bits per heavy atom. The van der Waals surface area contributed by atoms with Gasteiger partial charge in [-0.1, -0.05) is 49.4 Å². The average Bonchev–Trinajstić information content (AvgIpc) is 2.82. The molecule has 2 aromatic rings. The molecule has 0 bridgehead atoms. The Balaban J connectivity index is 1.93. The maximum absolute atomic E-state index is 13.0. The quantitative estimate of drug-likeness (QED) is 0.607. The van der Waals surface area contributed by atoms with Crippen LogP contribution in [0, 0.1) is 6.92 Å². The molecule has 0 unspecified atom stereocenters. The highest BCUT2D eigenvalue weighted by Gasteiger charge is 2.27. The highest BCUT2D eigenvalue weighted by molar-refractivity contribution is 6.32. The highest BCUT2D eigenvalue weighted by Crippen LogP contribution is 2.23. The summed E-state index contributed by atoms with van der Waals surface area (Å²) in [5.41, 5.74) is 0.643. The van der Waals surface area contributed by atoms with Gasteiger partial charge in [-0.3, -0.25) is 0 Å². The lowest BCUT2D eigenvalue weighted by Gasteiger charge is -2.29. The number of amides is 1. The van der Waals surface area contributed by atoms with E-state index in [0.717, 1.165) is 40.6 Å². The number of nitrogens with zero attached hydrogens (tertiary/aromatic N) is 5. The molecule has 3 rings (SSSR count). The van der Waals surface area contributed by atoms with Crippen LogP contribution in [0.4, 0.5) is 4.79 Å². The smallest absolute Gasteiger partial charge is 0.320 e. The number of carbonyl (C=O) groups is 1. The predicted octanol–water partition coefficient (Wildman–Crippen LogP) is 3.40. The van der Waals surface area contributed by atoms with E-state index in [1.54, 1.807) is 17.0 Å². The molecule has 26 heavy (non-hydrogen) atoms. The number of carbonyl (C=O) groups excluding carboxylic acids is 1. The molecule has 1 aliphatic rings. The second-order valence-corrected chi connectivity index (χ2v) is 7.11. The molecule has 7 nitrogen and oxygen atoms in total. The van der Waals surface area contributed by atoms with Crippen LogP contribution in [0.1, 0.15) is 51.0 Å². The van der Waals surface area contributed by atoms with Gasteiger partial charge in [-0.15, -0.1) is 4.68 Å². The van der Waals surface area contributed by atoms with Gasteiger partial charge in [0.2, 0.25) is 0 Å². The fraction of sp³-hybridized carbons (Fsp3) is 0.556. The van der Waals surface area contributed by atoms with Gasteiger partial charge in [-0.2, -0.15) is 4.68 Å². The normalized spacial score (nSPS) is 15.7. The molecule has 1 amide bonds. The van der Waals surface area contributed by atoms with E-state index in [2.05, 4.69) is 10.4 Å². The van der Waals surface area contributed by atoms with E-state index in [1.165, 1.54) is 12.8 Å². The summed E-state index contributed by atoms with van der Waals surface area (Å²) in [6.07, 6.45) is 6.54. The molecular weight excluding hydrogens is 354 g/mol. The number of hydrogen-bond donors (Lipinski definition) is 0. The molecule has 1 aromatic heterocycles. The number of aromatic nitrogens is 4. The number of benzene rings is 1. The average molecular weight is 378 g/mol. The first-order valence-corrected chi connectivity index (χ1v) is 9.54. The molecule has 0 N–H and O–H groups in total. The number of aryl methyl sites for hydroxylation is 1. The molecule has 1 saturated carbocycles. The van der Waals surface area contributed by atoms with Gasteiger partial charge < -0.3 is 4.90 Å². The maximum Gasteiger partial charge on any atom is 0.377 e. The Morgan fingerprint density at radius 2 is 1.92 bits per heavy atom. The Labute approximate surface area is 157 Å². The van der Waals surface area contributed by atoms with Crippen molar-refractivity contribution in [3.8, 4) is 5.69 Å². The van der Waals surface area contributed by atoms with Crippen molar-refractivity contribution in [2.75, 3.05) is 6.54 Å². The second-order valence-electron chi connectivity index (χ2n) is 6.70. The van der Waals surface area contributed by atoms with Crippen LogP contribution in [0.3, 0.4) is 0 Å². The van der Waals surface area contributed by atoms with Crippen molar-refractivity contribution in [1.29, 1.82) is 0 Å². The molecule has 1 heterocycles. The molecule has 0 aliphatic heterocycles. The van der Waals surface area contributed by atoms with Crippen LogP contribution in [0.15, 0.2) is 23.0 Å². The molecule has 0 spiro atoms. The first-order chi connectivity index (χ1) is 12.5. The summed E-state index contributed by atoms with van der Waals surface area (Å²) in [4.78, 5) is 27.5. The number of rotatable bonds is 3. The molecule has 1 fully saturated rings. The third-order valence-electron chi connectivity index (χ3n) is 5.01. The molecule has 0 atom stereocenters. The topological polar surface area (TPSA) is 73.0 Å². The van der Waals surface area contributed by atoms with Crippen LogP contribution in [-0.4, -0.2) is 43.3 Å². The zero-order valence-electron chi connectivity index (χ0n) is 15.2. The third-order valence-corrected chi connectivity index (χ3v) is 5.32. The summed E-state index contributed by atoms with van der Waals surface area (Å²) in [5, 5.41) is 8.11. The lowest BCUT2D eigenvalue weighted by Crippen LogP contribution is -2.46. The van der Waals surface area contributed by atoms with E-state index >= 15 is 0 Å². The van der Waals surface area contributed by atoms with Gasteiger partial charge in [0.05, 0.1) is 10.7 Å². The minimum absolute atomic E-state index is 0.147. The van der Waals surface area contributed by atoms with Crippen molar-refractivity contribution in [1.82, 2.24) is 24.7 Å². The summed E-state index contributed by atoms with van der Waals surface area (Å²) in [6.45, 7) is 4.29. The summed E-state index contributed by atoms with van der Waals surface area (Å²) in [5.74, 6) is 0.